The van der Waals surface area contributed by atoms with E-state index in [9.17, 15) is 8.42 Å². The molecule has 0 fully saturated rings. The minimum absolute atomic E-state index is 0.357. The summed E-state index contributed by atoms with van der Waals surface area (Å²) in [5, 5.41) is 0. The average molecular weight is 329 g/mol. The maximum atomic E-state index is 13.0. The molecule has 23 heavy (non-hydrogen) atoms. The lowest BCUT2D eigenvalue weighted by atomic mass is 9.92. The summed E-state index contributed by atoms with van der Waals surface area (Å²) in [7, 11) is -3.46. The molecule has 0 atom stereocenters. The zero-order valence-electron chi connectivity index (χ0n) is 12.9. The van der Waals surface area contributed by atoms with Crippen LogP contribution in [0.25, 0.3) is 0 Å². The molecule has 0 bridgehead atoms. The molecule has 0 radical (unpaired) electrons. The van der Waals surface area contributed by atoms with Crippen LogP contribution in [0, 0.1) is 0 Å². The first-order valence-electron chi connectivity index (χ1n) is 8.04. The fraction of sp³-hybridized carbons (Fsp3) is 0.412. The largest absolute Gasteiger partial charge is 0.244 e. The summed E-state index contributed by atoms with van der Waals surface area (Å²) in [5.41, 5.74) is 4.35. The lowest BCUT2D eigenvalue weighted by Gasteiger charge is -2.27. The molecule has 0 saturated carbocycles. The molecule has 0 spiro atoms. The normalized spacial score (nSPS) is 18.3. The van der Waals surface area contributed by atoms with E-state index < -0.39 is 10.0 Å². The molecular weight excluding hydrogens is 310 g/mol. The van der Waals surface area contributed by atoms with Gasteiger partial charge in [-0.25, -0.2) is 18.4 Å². The first-order valence-corrected chi connectivity index (χ1v) is 9.48. The van der Waals surface area contributed by atoms with Crippen molar-refractivity contribution in [3.63, 3.8) is 0 Å². The molecule has 0 unspecified atom stereocenters. The molecule has 2 heterocycles. The van der Waals surface area contributed by atoms with E-state index in [1.54, 1.807) is 16.6 Å². The van der Waals surface area contributed by atoms with Gasteiger partial charge in [-0.2, -0.15) is 4.31 Å². The van der Waals surface area contributed by atoms with Gasteiger partial charge in [0.2, 0.25) is 10.0 Å². The molecule has 120 valence electrons. The van der Waals surface area contributed by atoms with Gasteiger partial charge in [-0.15, -0.1) is 0 Å². The SMILES string of the molecule is O=S(=O)(c1ccc2c(c1)CCCC2)N1CCc2ncncc2C1. The van der Waals surface area contributed by atoms with Crippen LogP contribution in [0.2, 0.25) is 0 Å². The number of nitrogens with zero attached hydrogens (tertiary/aromatic N) is 3. The maximum Gasteiger partial charge on any atom is 0.243 e. The number of fused-ring (bicyclic) bond motifs is 2. The van der Waals surface area contributed by atoms with Crippen molar-refractivity contribution in [2.75, 3.05) is 6.54 Å². The zero-order valence-corrected chi connectivity index (χ0v) is 13.7. The predicted molar refractivity (Wildman–Crippen MR) is 86.4 cm³/mol. The van der Waals surface area contributed by atoms with Gasteiger partial charge >= 0.3 is 0 Å². The van der Waals surface area contributed by atoms with Crippen molar-refractivity contribution >= 4 is 10.0 Å². The Morgan fingerprint density at radius 2 is 1.83 bits per heavy atom. The zero-order chi connectivity index (χ0) is 15.9. The third-order valence-corrected chi connectivity index (χ3v) is 6.62. The predicted octanol–water partition coefficient (Wildman–Crippen LogP) is 2.10. The molecule has 0 amide bonds. The van der Waals surface area contributed by atoms with Gasteiger partial charge in [0.1, 0.15) is 6.33 Å². The van der Waals surface area contributed by atoms with Gasteiger partial charge in [-0.3, -0.25) is 0 Å². The summed E-state index contributed by atoms with van der Waals surface area (Å²) >= 11 is 0. The summed E-state index contributed by atoms with van der Waals surface area (Å²) in [6, 6.07) is 5.62. The smallest absolute Gasteiger partial charge is 0.243 e. The molecular formula is C17H19N3O2S. The van der Waals surface area contributed by atoms with E-state index in [1.165, 1.54) is 23.9 Å². The van der Waals surface area contributed by atoms with Crippen LogP contribution < -0.4 is 0 Å². The first kappa shape index (κ1) is 14.8. The molecule has 1 aromatic heterocycles. The van der Waals surface area contributed by atoms with Gasteiger partial charge in [0.05, 0.1) is 4.90 Å². The second-order valence-electron chi connectivity index (χ2n) is 6.22. The van der Waals surface area contributed by atoms with Crippen molar-refractivity contribution in [1.29, 1.82) is 0 Å². The van der Waals surface area contributed by atoms with Gasteiger partial charge in [0, 0.05) is 37.0 Å². The fourth-order valence-corrected chi connectivity index (χ4v) is 4.94. The van der Waals surface area contributed by atoms with Gasteiger partial charge in [0.25, 0.3) is 0 Å². The van der Waals surface area contributed by atoms with Crippen LogP contribution in [0.1, 0.15) is 35.2 Å². The Kier molecular flexibility index (Phi) is 3.66. The highest BCUT2D eigenvalue weighted by Gasteiger charge is 2.29. The second-order valence-corrected chi connectivity index (χ2v) is 8.16. The number of sulfonamides is 1. The molecule has 1 aromatic carbocycles. The van der Waals surface area contributed by atoms with E-state index in [-0.39, 0.29) is 0 Å². The second kappa shape index (κ2) is 5.69. The van der Waals surface area contributed by atoms with Crippen molar-refractivity contribution in [1.82, 2.24) is 14.3 Å². The Bertz CT molecular complexity index is 849. The molecule has 1 aliphatic heterocycles. The standard InChI is InChI=1S/C17H19N3O2S/c21-23(22,16-6-5-13-3-1-2-4-14(13)9-16)20-8-7-17-15(11-20)10-18-12-19-17/h5-6,9-10,12H,1-4,7-8,11H2. The van der Waals surface area contributed by atoms with Crippen LogP contribution in [0.15, 0.2) is 35.6 Å². The quantitative estimate of drug-likeness (QED) is 0.846. The fourth-order valence-electron chi connectivity index (χ4n) is 3.47. The lowest BCUT2D eigenvalue weighted by molar-refractivity contribution is 0.386. The number of aromatic nitrogens is 2. The first-order chi connectivity index (χ1) is 11.1. The van der Waals surface area contributed by atoms with Gasteiger partial charge in [0.15, 0.2) is 0 Å². The minimum Gasteiger partial charge on any atom is -0.244 e. The van der Waals surface area contributed by atoms with E-state index in [0.29, 0.717) is 24.4 Å². The molecule has 0 saturated heterocycles. The van der Waals surface area contributed by atoms with E-state index >= 15 is 0 Å². The minimum atomic E-state index is -3.46. The van der Waals surface area contributed by atoms with Crippen LogP contribution in [-0.2, 0) is 35.8 Å². The Morgan fingerprint density at radius 3 is 2.70 bits per heavy atom. The number of benzene rings is 1. The third kappa shape index (κ3) is 2.66. The average Bonchev–Trinajstić information content (AvgIpc) is 2.61. The van der Waals surface area contributed by atoms with E-state index in [4.69, 9.17) is 0 Å². The highest BCUT2D eigenvalue weighted by Crippen LogP contribution is 2.28. The van der Waals surface area contributed by atoms with Crippen LogP contribution in [0.3, 0.4) is 0 Å². The summed E-state index contributed by atoms with van der Waals surface area (Å²) in [6.07, 6.45) is 8.26. The number of hydrogen-bond acceptors (Lipinski definition) is 4. The van der Waals surface area contributed by atoms with Crippen molar-refractivity contribution in [3.05, 3.63) is 53.1 Å². The monoisotopic (exact) mass is 329 g/mol. The molecule has 0 N–H and O–H groups in total. The molecule has 6 heteroatoms. The van der Waals surface area contributed by atoms with Crippen molar-refractivity contribution in [3.8, 4) is 0 Å². The molecule has 1 aliphatic carbocycles. The number of rotatable bonds is 2. The number of aryl methyl sites for hydroxylation is 2. The van der Waals surface area contributed by atoms with Crippen LogP contribution in [0.4, 0.5) is 0 Å². The van der Waals surface area contributed by atoms with Gasteiger partial charge in [-0.1, -0.05) is 6.07 Å². The van der Waals surface area contributed by atoms with Crippen molar-refractivity contribution < 1.29 is 8.42 Å². The van der Waals surface area contributed by atoms with Crippen LogP contribution in [-0.4, -0.2) is 29.2 Å². The molecule has 2 aliphatic rings. The molecule has 4 rings (SSSR count). The highest BCUT2D eigenvalue weighted by molar-refractivity contribution is 7.89. The molecule has 2 aromatic rings. The highest BCUT2D eigenvalue weighted by atomic mass is 32.2. The molecule has 5 nitrogen and oxygen atoms in total. The van der Waals surface area contributed by atoms with E-state index in [2.05, 4.69) is 9.97 Å². The summed E-state index contributed by atoms with van der Waals surface area (Å²) in [5.74, 6) is 0. The Hall–Kier alpha value is -1.79. The van der Waals surface area contributed by atoms with Crippen LogP contribution in [0.5, 0.6) is 0 Å². The Balaban J connectivity index is 1.66. The van der Waals surface area contributed by atoms with E-state index in [1.807, 2.05) is 12.1 Å². The van der Waals surface area contributed by atoms with Gasteiger partial charge < -0.3 is 0 Å². The van der Waals surface area contributed by atoms with Crippen molar-refractivity contribution in [2.24, 2.45) is 0 Å². The third-order valence-electron chi connectivity index (χ3n) is 4.78. The topological polar surface area (TPSA) is 63.2 Å². The Labute approximate surface area is 136 Å². The van der Waals surface area contributed by atoms with Crippen molar-refractivity contribution in [2.45, 2.75) is 43.5 Å². The maximum absolute atomic E-state index is 13.0. The summed E-state index contributed by atoms with van der Waals surface area (Å²) in [4.78, 5) is 8.66. The number of hydrogen-bond donors (Lipinski definition) is 0. The van der Waals surface area contributed by atoms with Crippen LogP contribution >= 0.6 is 0 Å². The summed E-state index contributed by atoms with van der Waals surface area (Å²) in [6.45, 7) is 0.832. The van der Waals surface area contributed by atoms with Gasteiger partial charge in [-0.05, 0) is 48.9 Å². The Morgan fingerprint density at radius 1 is 1.00 bits per heavy atom. The van der Waals surface area contributed by atoms with E-state index in [0.717, 1.165) is 30.5 Å². The summed E-state index contributed by atoms with van der Waals surface area (Å²) < 4.78 is 27.5. The lowest BCUT2D eigenvalue weighted by Crippen LogP contribution is -2.36.